The molecule has 0 aliphatic carbocycles. The summed E-state index contributed by atoms with van der Waals surface area (Å²) in [6, 6.07) is 6.66. The predicted octanol–water partition coefficient (Wildman–Crippen LogP) is 2.11. The Bertz CT molecular complexity index is 543. The van der Waals surface area contributed by atoms with Crippen LogP contribution in [0.3, 0.4) is 0 Å². The van der Waals surface area contributed by atoms with Crippen molar-refractivity contribution in [1.82, 2.24) is 4.31 Å². The minimum Gasteiger partial charge on any atom is -0.207 e. The van der Waals surface area contributed by atoms with Crippen LogP contribution >= 0.6 is 0 Å². The summed E-state index contributed by atoms with van der Waals surface area (Å²) < 4.78 is 26.1. The van der Waals surface area contributed by atoms with E-state index < -0.39 is 10.0 Å². The van der Waals surface area contributed by atoms with Gasteiger partial charge in [-0.15, -0.1) is 6.58 Å². The first-order valence-corrected chi connectivity index (χ1v) is 6.87. The summed E-state index contributed by atoms with van der Waals surface area (Å²) in [4.78, 5) is 0.332. The standard InChI is InChI=1S/C13H15NO2S/c1-3-12-5-4-10-14(12)17(15,16)13-8-6-11(2)7-9-13/h3-9,12H,1,10H2,2H3/t12-/m0/s1. The summed E-state index contributed by atoms with van der Waals surface area (Å²) in [5.74, 6) is 0. The zero-order valence-corrected chi connectivity index (χ0v) is 10.5. The molecule has 0 unspecified atom stereocenters. The van der Waals surface area contributed by atoms with Crippen LogP contribution in [0.25, 0.3) is 0 Å². The molecule has 90 valence electrons. The maximum Gasteiger partial charge on any atom is 0.244 e. The molecule has 0 aromatic heterocycles. The van der Waals surface area contributed by atoms with E-state index in [0.717, 1.165) is 5.56 Å². The SMILES string of the molecule is C=C[C@H]1C=CCN1S(=O)(=O)c1ccc(C)cc1. The minimum atomic E-state index is -3.42. The van der Waals surface area contributed by atoms with E-state index in [9.17, 15) is 8.42 Å². The monoisotopic (exact) mass is 249 g/mol. The number of nitrogens with zero attached hydrogens (tertiary/aromatic N) is 1. The fourth-order valence-electron chi connectivity index (χ4n) is 1.82. The summed E-state index contributed by atoms with van der Waals surface area (Å²) in [6.45, 7) is 6.00. The van der Waals surface area contributed by atoms with Crippen LogP contribution in [0.15, 0.2) is 54.0 Å². The van der Waals surface area contributed by atoms with Crippen LogP contribution in [0, 0.1) is 6.92 Å². The molecule has 0 saturated carbocycles. The lowest BCUT2D eigenvalue weighted by Crippen LogP contribution is -2.34. The summed E-state index contributed by atoms with van der Waals surface area (Å²) in [6.07, 6.45) is 5.33. The molecule has 1 atom stereocenters. The molecule has 4 heteroatoms. The Morgan fingerprint density at radius 3 is 2.59 bits per heavy atom. The number of sulfonamides is 1. The van der Waals surface area contributed by atoms with E-state index in [0.29, 0.717) is 11.4 Å². The first-order valence-electron chi connectivity index (χ1n) is 5.43. The van der Waals surface area contributed by atoms with Gasteiger partial charge in [0.05, 0.1) is 10.9 Å². The van der Waals surface area contributed by atoms with Gasteiger partial charge in [0.25, 0.3) is 0 Å². The molecule has 1 aromatic rings. The second kappa shape index (κ2) is 4.47. The van der Waals surface area contributed by atoms with Crippen molar-refractivity contribution in [2.24, 2.45) is 0 Å². The third-order valence-corrected chi connectivity index (χ3v) is 4.70. The molecule has 0 bridgehead atoms. The van der Waals surface area contributed by atoms with Crippen molar-refractivity contribution >= 4 is 10.0 Å². The summed E-state index contributed by atoms with van der Waals surface area (Å²) in [7, 11) is -3.42. The summed E-state index contributed by atoms with van der Waals surface area (Å²) in [5.41, 5.74) is 1.05. The van der Waals surface area contributed by atoms with Crippen molar-refractivity contribution in [3.05, 3.63) is 54.6 Å². The molecule has 0 N–H and O–H groups in total. The van der Waals surface area contributed by atoms with Crippen LogP contribution in [0.5, 0.6) is 0 Å². The van der Waals surface area contributed by atoms with Crippen LogP contribution in [0.1, 0.15) is 5.56 Å². The lowest BCUT2D eigenvalue weighted by atomic mass is 10.2. The van der Waals surface area contributed by atoms with E-state index in [2.05, 4.69) is 6.58 Å². The Kier molecular flexibility index (Phi) is 3.17. The average Bonchev–Trinajstić information content (AvgIpc) is 2.78. The van der Waals surface area contributed by atoms with Gasteiger partial charge in [-0.05, 0) is 19.1 Å². The fraction of sp³-hybridized carbons (Fsp3) is 0.231. The van der Waals surface area contributed by atoms with Crippen LogP contribution in [-0.4, -0.2) is 25.3 Å². The Morgan fingerprint density at radius 2 is 2.00 bits per heavy atom. The van der Waals surface area contributed by atoms with Gasteiger partial charge in [-0.1, -0.05) is 35.9 Å². The lowest BCUT2D eigenvalue weighted by Gasteiger charge is -2.21. The maximum atomic E-state index is 12.4. The van der Waals surface area contributed by atoms with Gasteiger partial charge in [0.1, 0.15) is 0 Å². The topological polar surface area (TPSA) is 37.4 Å². The van der Waals surface area contributed by atoms with Gasteiger partial charge in [-0.3, -0.25) is 0 Å². The molecule has 3 nitrogen and oxygen atoms in total. The van der Waals surface area contributed by atoms with E-state index in [1.807, 2.05) is 19.1 Å². The molecule has 2 rings (SSSR count). The molecular weight excluding hydrogens is 234 g/mol. The maximum absolute atomic E-state index is 12.4. The summed E-state index contributed by atoms with van der Waals surface area (Å²) in [5, 5.41) is 0. The van der Waals surface area contributed by atoms with Crippen molar-refractivity contribution in [3.8, 4) is 0 Å². The van der Waals surface area contributed by atoms with E-state index in [1.54, 1.807) is 30.3 Å². The first-order chi connectivity index (χ1) is 8.05. The Labute approximate surface area is 102 Å². The highest BCUT2D eigenvalue weighted by atomic mass is 32.2. The molecule has 1 aliphatic rings. The third-order valence-electron chi connectivity index (χ3n) is 2.82. The third kappa shape index (κ3) is 2.18. The largest absolute Gasteiger partial charge is 0.244 e. The Balaban J connectivity index is 2.37. The van der Waals surface area contributed by atoms with Crippen molar-refractivity contribution in [1.29, 1.82) is 0 Å². The van der Waals surface area contributed by atoms with Crippen LogP contribution in [0.2, 0.25) is 0 Å². The molecule has 0 saturated heterocycles. The lowest BCUT2D eigenvalue weighted by molar-refractivity contribution is 0.449. The van der Waals surface area contributed by atoms with E-state index in [1.165, 1.54) is 4.31 Å². The van der Waals surface area contributed by atoms with Crippen molar-refractivity contribution < 1.29 is 8.42 Å². The van der Waals surface area contributed by atoms with Crippen LogP contribution in [0.4, 0.5) is 0 Å². The van der Waals surface area contributed by atoms with Gasteiger partial charge in [0, 0.05) is 6.54 Å². The van der Waals surface area contributed by atoms with E-state index in [4.69, 9.17) is 0 Å². The molecule has 1 aliphatic heterocycles. The van der Waals surface area contributed by atoms with Gasteiger partial charge in [0.15, 0.2) is 0 Å². The highest BCUT2D eigenvalue weighted by Gasteiger charge is 2.30. The molecule has 0 radical (unpaired) electrons. The normalized spacial score (nSPS) is 20.6. The van der Waals surface area contributed by atoms with E-state index in [-0.39, 0.29) is 6.04 Å². The van der Waals surface area contributed by atoms with Gasteiger partial charge in [-0.2, -0.15) is 4.31 Å². The smallest absolute Gasteiger partial charge is 0.207 e. The predicted molar refractivity (Wildman–Crippen MR) is 68.2 cm³/mol. The fourth-order valence-corrected chi connectivity index (χ4v) is 3.33. The van der Waals surface area contributed by atoms with Gasteiger partial charge in [0.2, 0.25) is 10.0 Å². The summed E-state index contributed by atoms with van der Waals surface area (Å²) >= 11 is 0. The number of hydrogen-bond donors (Lipinski definition) is 0. The number of rotatable bonds is 3. The minimum absolute atomic E-state index is 0.235. The quantitative estimate of drug-likeness (QED) is 0.769. The second-order valence-corrected chi connectivity index (χ2v) is 5.93. The molecule has 1 aromatic carbocycles. The zero-order valence-electron chi connectivity index (χ0n) is 9.70. The second-order valence-electron chi connectivity index (χ2n) is 4.04. The van der Waals surface area contributed by atoms with Crippen molar-refractivity contribution in [3.63, 3.8) is 0 Å². The molecular formula is C13H15NO2S. The average molecular weight is 249 g/mol. The van der Waals surface area contributed by atoms with E-state index >= 15 is 0 Å². The molecule has 0 spiro atoms. The number of benzene rings is 1. The molecule has 0 fully saturated rings. The highest BCUT2D eigenvalue weighted by molar-refractivity contribution is 7.89. The molecule has 17 heavy (non-hydrogen) atoms. The van der Waals surface area contributed by atoms with Crippen LogP contribution < -0.4 is 0 Å². The Hall–Kier alpha value is -1.39. The van der Waals surface area contributed by atoms with Gasteiger partial charge in [-0.25, -0.2) is 8.42 Å². The van der Waals surface area contributed by atoms with Crippen molar-refractivity contribution in [2.45, 2.75) is 17.9 Å². The molecule has 0 amide bonds. The first kappa shape index (κ1) is 12.1. The van der Waals surface area contributed by atoms with Crippen LogP contribution in [-0.2, 0) is 10.0 Å². The molecule has 1 heterocycles. The number of hydrogen-bond acceptors (Lipinski definition) is 2. The highest BCUT2D eigenvalue weighted by Crippen LogP contribution is 2.22. The Morgan fingerprint density at radius 1 is 1.35 bits per heavy atom. The van der Waals surface area contributed by atoms with Crippen molar-refractivity contribution in [2.75, 3.05) is 6.54 Å². The van der Waals surface area contributed by atoms with Gasteiger partial charge < -0.3 is 0 Å². The van der Waals surface area contributed by atoms with Gasteiger partial charge >= 0.3 is 0 Å². The number of aryl methyl sites for hydroxylation is 1. The zero-order chi connectivity index (χ0) is 12.5.